The van der Waals surface area contributed by atoms with Crippen molar-refractivity contribution in [2.45, 2.75) is 91.9 Å². The van der Waals surface area contributed by atoms with Crippen LogP contribution in [0.3, 0.4) is 0 Å². The summed E-state index contributed by atoms with van der Waals surface area (Å²) in [6, 6.07) is 33.2. The average Bonchev–Trinajstić information content (AvgIpc) is 4.13. The molecule has 0 saturated heterocycles. The molecule has 8 heterocycles. The maximum Gasteiger partial charge on any atom is 0.172 e. The van der Waals surface area contributed by atoms with Gasteiger partial charge in [-0.15, -0.1) is 90.7 Å². The second-order valence-electron chi connectivity index (χ2n) is 14.9. The van der Waals surface area contributed by atoms with Crippen molar-refractivity contribution < 1.29 is 19.2 Å². The van der Waals surface area contributed by atoms with E-state index in [4.69, 9.17) is 0 Å². The largest absolute Gasteiger partial charge is 0.294 e. The summed E-state index contributed by atoms with van der Waals surface area (Å²) in [6.45, 7) is 7.59. The lowest BCUT2D eigenvalue weighted by Crippen LogP contribution is -1.95. The minimum atomic E-state index is 0.113. The van der Waals surface area contributed by atoms with Gasteiger partial charge in [0.15, 0.2) is 23.1 Å². The highest BCUT2D eigenvalue weighted by Crippen LogP contribution is 2.45. The molecule has 8 aromatic rings. The number of hydrogen-bond acceptors (Lipinski definition) is 12. The van der Waals surface area contributed by atoms with Crippen LogP contribution in [0, 0.1) is 0 Å². The molecule has 320 valence electrons. The van der Waals surface area contributed by atoms with Crippen LogP contribution < -0.4 is 0 Å². The highest BCUT2D eigenvalue weighted by molar-refractivity contribution is 7.30. The van der Waals surface area contributed by atoms with E-state index in [1.165, 1.54) is 74.5 Å². The lowest BCUT2D eigenvalue weighted by atomic mass is 10.1. The van der Waals surface area contributed by atoms with Gasteiger partial charge in [-0.05, 0) is 124 Å². The number of carbonyl (C=O) groups is 4. The number of unbranched alkanes of at least 4 members (excludes halogenated alkanes) is 6. The van der Waals surface area contributed by atoms with Gasteiger partial charge in [0.05, 0.1) is 19.5 Å². The molecular formula is C50H48O4S8. The number of Topliss-reactive ketones (excluding diaryl/α,β-unsaturated/α-hetero) is 4. The zero-order valence-electron chi connectivity index (χ0n) is 35.2. The standard InChI is InChI=1S/C30H34O2S4.C20H14O2S4/c1-3-5-7-9-11-21(31)23-13-15-25(33-23)27-17-19-29(35-27)30-20-18-28(36-30)26-16-14-24(34-26)22(32)12-10-8-6-4-2;1-11(21)13-3-5-15(23-13)17-7-9-19(25-17)20-10-8-18(26-20)16-6-4-14(24-16)12(2)22/h13-20H,3-12H2,1-2H3;3-10H,1-2H3. The smallest absolute Gasteiger partial charge is 0.172 e. The van der Waals surface area contributed by atoms with Crippen LogP contribution in [0.1, 0.15) is 131 Å². The van der Waals surface area contributed by atoms with Crippen molar-refractivity contribution in [3.63, 3.8) is 0 Å². The van der Waals surface area contributed by atoms with Crippen molar-refractivity contribution in [2.75, 3.05) is 0 Å². The highest BCUT2D eigenvalue weighted by atomic mass is 32.1. The lowest BCUT2D eigenvalue weighted by molar-refractivity contribution is 0.0975. The first-order valence-corrected chi connectivity index (χ1v) is 27.5. The molecule has 0 spiro atoms. The Hall–Kier alpha value is -3.72. The van der Waals surface area contributed by atoms with Crippen molar-refractivity contribution in [3.05, 3.63) is 117 Å². The fraction of sp³-hybridized carbons (Fsp3) is 0.280. The van der Waals surface area contributed by atoms with Gasteiger partial charge in [0.1, 0.15) is 0 Å². The average molecular weight is 969 g/mol. The molecule has 0 bridgehead atoms. The van der Waals surface area contributed by atoms with Crippen molar-refractivity contribution >= 4 is 114 Å². The molecule has 0 saturated carbocycles. The van der Waals surface area contributed by atoms with Crippen molar-refractivity contribution in [3.8, 4) is 58.5 Å². The Kier molecular flexibility index (Phi) is 16.6. The molecular weight excluding hydrogens is 921 g/mol. The molecule has 4 nitrogen and oxygen atoms in total. The summed E-state index contributed by atoms with van der Waals surface area (Å²) in [5, 5.41) is 0. The molecule has 0 fully saturated rings. The minimum Gasteiger partial charge on any atom is -0.294 e. The summed E-state index contributed by atoms with van der Waals surface area (Å²) in [7, 11) is 0. The van der Waals surface area contributed by atoms with Gasteiger partial charge in [0.25, 0.3) is 0 Å². The summed E-state index contributed by atoms with van der Waals surface area (Å²) >= 11 is 13.4. The lowest BCUT2D eigenvalue weighted by Gasteiger charge is -1.98. The Morgan fingerprint density at radius 1 is 0.306 bits per heavy atom. The van der Waals surface area contributed by atoms with E-state index in [0.717, 1.165) is 54.9 Å². The summed E-state index contributed by atoms with van der Waals surface area (Å²) < 4.78 is 0. The Bertz CT molecular complexity index is 2560. The van der Waals surface area contributed by atoms with Crippen LogP contribution in [0.4, 0.5) is 0 Å². The van der Waals surface area contributed by atoms with Crippen LogP contribution in [0.25, 0.3) is 58.5 Å². The number of rotatable bonds is 20. The van der Waals surface area contributed by atoms with Gasteiger partial charge in [0, 0.05) is 71.4 Å². The molecule has 0 unspecified atom stereocenters. The van der Waals surface area contributed by atoms with E-state index >= 15 is 0 Å². The third-order valence-corrected chi connectivity index (χ3v) is 20.2. The van der Waals surface area contributed by atoms with E-state index < -0.39 is 0 Å². The molecule has 0 aromatic carbocycles. The van der Waals surface area contributed by atoms with Crippen molar-refractivity contribution in [1.82, 2.24) is 0 Å². The first-order chi connectivity index (χ1) is 30.1. The number of ketones is 4. The molecule has 0 amide bonds. The minimum absolute atomic E-state index is 0.113. The van der Waals surface area contributed by atoms with Crippen molar-refractivity contribution in [2.24, 2.45) is 0 Å². The monoisotopic (exact) mass is 968 g/mol. The normalized spacial score (nSPS) is 11.2. The van der Waals surface area contributed by atoms with Gasteiger partial charge < -0.3 is 0 Å². The van der Waals surface area contributed by atoms with Crippen LogP contribution in [0.2, 0.25) is 0 Å². The molecule has 0 atom stereocenters. The zero-order valence-corrected chi connectivity index (χ0v) is 41.7. The Labute approximate surface area is 396 Å². The molecule has 0 N–H and O–H groups in total. The summed E-state index contributed by atoms with van der Waals surface area (Å²) in [6.07, 6.45) is 10.4. The predicted octanol–water partition coefficient (Wildman–Crippen LogP) is 18.6. The first-order valence-electron chi connectivity index (χ1n) is 21.0. The van der Waals surface area contributed by atoms with E-state index in [2.05, 4.69) is 74.5 Å². The third kappa shape index (κ3) is 11.9. The fourth-order valence-corrected chi connectivity index (χ4v) is 15.0. The Morgan fingerprint density at radius 3 is 0.774 bits per heavy atom. The highest BCUT2D eigenvalue weighted by Gasteiger charge is 2.17. The number of carbonyl (C=O) groups excluding carboxylic acids is 4. The van der Waals surface area contributed by atoms with Gasteiger partial charge >= 0.3 is 0 Å². The summed E-state index contributed by atoms with van der Waals surface area (Å²) in [4.78, 5) is 65.7. The SMILES string of the molecule is CC(=O)c1ccc(-c2ccc(-c3ccc(-c4ccc(C(C)=O)s4)s3)s2)s1.CCCCCCC(=O)c1ccc(-c2ccc(-c3ccc(-c4ccc(C(=O)CCCCCC)s4)s3)s2)s1. The number of thiophene rings is 8. The molecule has 0 aliphatic carbocycles. The topological polar surface area (TPSA) is 68.3 Å². The predicted molar refractivity (Wildman–Crippen MR) is 275 cm³/mol. The summed E-state index contributed by atoms with van der Waals surface area (Å²) in [5.41, 5.74) is 0. The van der Waals surface area contributed by atoms with E-state index in [9.17, 15) is 19.2 Å². The van der Waals surface area contributed by atoms with Gasteiger partial charge in [0.2, 0.25) is 0 Å². The molecule has 0 aliphatic heterocycles. The zero-order chi connectivity index (χ0) is 43.6. The van der Waals surface area contributed by atoms with E-state index in [-0.39, 0.29) is 23.1 Å². The van der Waals surface area contributed by atoms with Crippen LogP contribution in [-0.4, -0.2) is 23.1 Å². The first kappa shape index (κ1) is 46.3. The molecule has 12 heteroatoms. The van der Waals surface area contributed by atoms with Gasteiger partial charge in [-0.2, -0.15) is 0 Å². The summed E-state index contributed by atoms with van der Waals surface area (Å²) in [5.74, 6) is 0.775. The molecule has 0 aliphatic rings. The van der Waals surface area contributed by atoms with Crippen LogP contribution >= 0.6 is 90.7 Å². The van der Waals surface area contributed by atoms with Crippen LogP contribution in [0.5, 0.6) is 0 Å². The van der Waals surface area contributed by atoms with Gasteiger partial charge in [-0.25, -0.2) is 0 Å². The maximum absolute atomic E-state index is 12.5. The molecule has 0 radical (unpaired) electrons. The van der Waals surface area contributed by atoms with E-state index in [1.54, 1.807) is 105 Å². The molecule has 8 aromatic heterocycles. The van der Waals surface area contributed by atoms with Crippen LogP contribution in [-0.2, 0) is 0 Å². The fourth-order valence-electron chi connectivity index (χ4n) is 6.64. The third-order valence-electron chi connectivity index (χ3n) is 10.1. The quantitative estimate of drug-likeness (QED) is 0.0564. The Morgan fingerprint density at radius 2 is 0.532 bits per heavy atom. The second-order valence-corrected chi connectivity index (χ2v) is 23.6. The van der Waals surface area contributed by atoms with E-state index in [1.807, 2.05) is 36.4 Å². The number of hydrogen-bond donors (Lipinski definition) is 0. The molecule has 62 heavy (non-hydrogen) atoms. The maximum atomic E-state index is 12.5. The Balaban J connectivity index is 0.000000196. The van der Waals surface area contributed by atoms with Gasteiger partial charge in [-0.3, -0.25) is 19.2 Å². The van der Waals surface area contributed by atoms with Gasteiger partial charge in [-0.1, -0.05) is 52.4 Å². The second kappa shape index (κ2) is 22.3. The van der Waals surface area contributed by atoms with Crippen LogP contribution in [0.15, 0.2) is 97.1 Å². The van der Waals surface area contributed by atoms with E-state index in [0.29, 0.717) is 12.8 Å². The molecule has 8 rings (SSSR count). The van der Waals surface area contributed by atoms with Crippen molar-refractivity contribution in [1.29, 1.82) is 0 Å².